The summed E-state index contributed by atoms with van der Waals surface area (Å²) >= 11 is 1.32. The molecular weight excluding hydrogens is 200 g/mol. The molecule has 0 radical (unpaired) electrons. The maximum Gasteiger partial charge on any atom is 0.149 e. The Balaban J connectivity index is 1.95. The van der Waals surface area contributed by atoms with Crippen LogP contribution in [-0.2, 0) is 6.54 Å². The van der Waals surface area contributed by atoms with Crippen molar-refractivity contribution in [1.82, 2.24) is 19.8 Å². The number of anilines is 2. The number of rotatable bonds is 3. The lowest BCUT2D eigenvalue weighted by atomic mass is 10.4. The molecular formula is C7H8N6S. The van der Waals surface area contributed by atoms with Crippen molar-refractivity contribution in [2.45, 2.75) is 6.54 Å². The lowest BCUT2D eigenvalue weighted by Crippen LogP contribution is -2.03. The first-order valence-electron chi connectivity index (χ1n) is 3.93. The lowest BCUT2D eigenvalue weighted by Gasteiger charge is -2.01. The van der Waals surface area contributed by atoms with Crippen LogP contribution in [0, 0.1) is 0 Å². The molecule has 6 nitrogen and oxygen atoms in total. The average molecular weight is 208 g/mol. The van der Waals surface area contributed by atoms with Gasteiger partial charge in [-0.05, 0) is 23.7 Å². The zero-order valence-corrected chi connectivity index (χ0v) is 8.03. The van der Waals surface area contributed by atoms with Crippen molar-refractivity contribution in [3.05, 3.63) is 23.2 Å². The summed E-state index contributed by atoms with van der Waals surface area (Å²) in [5, 5.41) is 16.4. The van der Waals surface area contributed by atoms with Crippen molar-refractivity contribution in [2.75, 3.05) is 11.1 Å². The molecule has 0 aliphatic heterocycles. The highest BCUT2D eigenvalue weighted by Gasteiger charge is 1.97. The van der Waals surface area contributed by atoms with Crippen molar-refractivity contribution in [3.8, 4) is 0 Å². The number of nitrogen functional groups attached to an aromatic ring is 1. The van der Waals surface area contributed by atoms with Gasteiger partial charge in [-0.3, -0.25) is 0 Å². The highest BCUT2D eigenvalue weighted by Crippen LogP contribution is 2.05. The van der Waals surface area contributed by atoms with Gasteiger partial charge in [0.1, 0.15) is 11.6 Å². The molecule has 0 amide bonds. The van der Waals surface area contributed by atoms with Crippen LogP contribution in [0.3, 0.4) is 0 Å². The smallest absolute Gasteiger partial charge is 0.149 e. The van der Waals surface area contributed by atoms with Crippen LogP contribution in [0.2, 0.25) is 0 Å². The summed E-state index contributed by atoms with van der Waals surface area (Å²) < 4.78 is 3.74. The van der Waals surface area contributed by atoms with Gasteiger partial charge in [0.15, 0.2) is 0 Å². The maximum atomic E-state index is 5.40. The van der Waals surface area contributed by atoms with Gasteiger partial charge < -0.3 is 11.1 Å². The van der Waals surface area contributed by atoms with Crippen molar-refractivity contribution >= 4 is 23.2 Å². The van der Waals surface area contributed by atoms with Gasteiger partial charge in [0.25, 0.3) is 0 Å². The number of aromatic nitrogens is 4. The van der Waals surface area contributed by atoms with Crippen LogP contribution in [0.25, 0.3) is 0 Å². The second kappa shape index (κ2) is 3.97. The summed E-state index contributed by atoms with van der Waals surface area (Å²) in [5.74, 6) is 1.08. The molecule has 14 heavy (non-hydrogen) atoms. The van der Waals surface area contributed by atoms with Gasteiger partial charge in [-0.1, -0.05) is 4.49 Å². The van der Waals surface area contributed by atoms with Gasteiger partial charge in [0.05, 0.1) is 12.2 Å². The Hall–Kier alpha value is -1.76. The van der Waals surface area contributed by atoms with Gasteiger partial charge >= 0.3 is 0 Å². The molecule has 0 aliphatic carbocycles. The molecule has 2 rings (SSSR count). The molecule has 0 aromatic carbocycles. The fourth-order valence-corrected chi connectivity index (χ4v) is 1.33. The molecule has 0 bridgehead atoms. The minimum absolute atomic E-state index is 0.408. The molecule has 0 unspecified atom stereocenters. The monoisotopic (exact) mass is 208 g/mol. The summed E-state index contributed by atoms with van der Waals surface area (Å²) in [7, 11) is 0. The standard InChI is InChI=1S/C7H8N6S/c8-6-1-2-7(12-11-6)9-3-5-4-14-13-10-5/h1-2,4H,3H2,(H2,8,11)(H,9,12). The molecule has 0 aliphatic rings. The third-order valence-corrected chi connectivity index (χ3v) is 2.09. The van der Waals surface area contributed by atoms with Crippen molar-refractivity contribution in [3.63, 3.8) is 0 Å². The first-order valence-corrected chi connectivity index (χ1v) is 4.77. The molecule has 0 saturated heterocycles. The van der Waals surface area contributed by atoms with Gasteiger partial charge in [-0.2, -0.15) is 0 Å². The third-order valence-electron chi connectivity index (χ3n) is 1.54. The summed E-state index contributed by atoms with van der Waals surface area (Å²) in [6.45, 7) is 0.592. The van der Waals surface area contributed by atoms with E-state index in [1.54, 1.807) is 12.1 Å². The Morgan fingerprint density at radius 3 is 2.86 bits per heavy atom. The van der Waals surface area contributed by atoms with E-state index in [9.17, 15) is 0 Å². The zero-order valence-electron chi connectivity index (χ0n) is 7.21. The van der Waals surface area contributed by atoms with E-state index in [4.69, 9.17) is 5.73 Å². The molecule has 72 valence electrons. The number of nitrogens with two attached hydrogens (primary N) is 1. The molecule has 2 aromatic rings. The molecule has 0 saturated carbocycles. The van der Waals surface area contributed by atoms with Crippen molar-refractivity contribution in [1.29, 1.82) is 0 Å². The Bertz CT molecular complexity index is 383. The van der Waals surface area contributed by atoms with Crippen LogP contribution in [0.4, 0.5) is 11.6 Å². The molecule has 0 spiro atoms. The number of nitrogens with one attached hydrogen (secondary N) is 1. The topological polar surface area (TPSA) is 89.6 Å². The summed E-state index contributed by atoms with van der Waals surface area (Å²) in [6.07, 6.45) is 0. The fraction of sp³-hybridized carbons (Fsp3) is 0.143. The minimum Gasteiger partial charge on any atom is -0.382 e. The van der Waals surface area contributed by atoms with Gasteiger partial charge in [-0.15, -0.1) is 15.3 Å². The highest BCUT2D eigenvalue weighted by atomic mass is 32.1. The van der Waals surface area contributed by atoms with Crippen molar-refractivity contribution < 1.29 is 0 Å². The van der Waals surface area contributed by atoms with Crippen LogP contribution < -0.4 is 11.1 Å². The quantitative estimate of drug-likeness (QED) is 0.764. The highest BCUT2D eigenvalue weighted by molar-refractivity contribution is 7.03. The van der Waals surface area contributed by atoms with E-state index in [2.05, 4.69) is 25.1 Å². The Kier molecular flexibility index (Phi) is 2.50. The second-order valence-electron chi connectivity index (χ2n) is 2.59. The van der Waals surface area contributed by atoms with E-state index in [-0.39, 0.29) is 0 Å². The van der Waals surface area contributed by atoms with Crippen LogP contribution in [0.15, 0.2) is 17.5 Å². The number of nitrogens with zero attached hydrogens (tertiary/aromatic N) is 4. The van der Waals surface area contributed by atoms with E-state index in [1.165, 1.54) is 11.5 Å². The van der Waals surface area contributed by atoms with Crippen LogP contribution in [0.1, 0.15) is 5.69 Å². The number of hydrogen-bond donors (Lipinski definition) is 2. The van der Waals surface area contributed by atoms with Crippen LogP contribution in [0.5, 0.6) is 0 Å². The molecule has 0 fully saturated rings. The molecule has 2 heterocycles. The Labute approximate surface area is 84.3 Å². The molecule has 0 atom stereocenters. The molecule has 2 aromatic heterocycles. The summed E-state index contributed by atoms with van der Waals surface area (Å²) in [5.41, 5.74) is 6.28. The number of hydrogen-bond acceptors (Lipinski definition) is 7. The largest absolute Gasteiger partial charge is 0.382 e. The van der Waals surface area contributed by atoms with E-state index in [1.807, 2.05) is 5.38 Å². The third kappa shape index (κ3) is 2.13. The van der Waals surface area contributed by atoms with Crippen molar-refractivity contribution in [2.24, 2.45) is 0 Å². The predicted molar refractivity (Wildman–Crippen MR) is 53.7 cm³/mol. The van der Waals surface area contributed by atoms with Crippen LogP contribution in [-0.4, -0.2) is 19.8 Å². The first kappa shape index (κ1) is 8.82. The Morgan fingerprint density at radius 1 is 1.29 bits per heavy atom. The van der Waals surface area contributed by atoms with E-state index >= 15 is 0 Å². The van der Waals surface area contributed by atoms with Crippen LogP contribution >= 0.6 is 11.5 Å². The SMILES string of the molecule is Nc1ccc(NCc2csnn2)nn1. The van der Waals surface area contributed by atoms with E-state index < -0.39 is 0 Å². The zero-order chi connectivity index (χ0) is 9.80. The summed E-state index contributed by atoms with van der Waals surface area (Å²) in [6, 6.07) is 3.46. The second-order valence-corrected chi connectivity index (χ2v) is 3.20. The molecule has 7 heteroatoms. The normalized spacial score (nSPS) is 10.0. The summed E-state index contributed by atoms with van der Waals surface area (Å²) in [4.78, 5) is 0. The first-order chi connectivity index (χ1) is 6.84. The lowest BCUT2D eigenvalue weighted by molar-refractivity contribution is 0.964. The molecule has 3 N–H and O–H groups in total. The van der Waals surface area contributed by atoms with E-state index in [0.29, 0.717) is 18.2 Å². The van der Waals surface area contributed by atoms with Gasteiger partial charge in [0, 0.05) is 5.38 Å². The Morgan fingerprint density at radius 2 is 2.21 bits per heavy atom. The average Bonchev–Trinajstić information content (AvgIpc) is 2.70. The van der Waals surface area contributed by atoms with E-state index in [0.717, 1.165) is 5.69 Å². The maximum absolute atomic E-state index is 5.40. The van der Waals surface area contributed by atoms with Gasteiger partial charge in [-0.25, -0.2) is 0 Å². The predicted octanol–water partition coefficient (Wildman–Crippen LogP) is 0.522. The van der Waals surface area contributed by atoms with Gasteiger partial charge in [0.2, 0.25) is 0 Å². The minimum atomic E-state index is 0.408. The fourth-order valence-electron chi connectivity index (χ4n) is 0.879.